The molecule has 3 aromatic rings. The van der Waals surface area contributed by atoms with E-state index in [1.54, 1.807) is 45.3 Å². The van der Waals surface area contributed by atoms with Gasteiger partial charge in [-0.3, -0.25) is 29.1 Å². The molecule has 1 aliphatic carbocycles. The highest BCUT2D eigenvalue weighted by Crippen LogP contribution is 2.46. The number of likely N-dealkylation sites (N-methyl/N-ethyl adjacent to an activating group) is 1. The van der Waals surface area contributed by atoms with Crippen LogP contribution in [0.4, 0.5) is 14.9 Å². The largest absolute Gasteiger partial charge is 0.509 e. The van der Waals surface area contributed by atoms with Crippen molar-refractivity contribution in [2.24, 2.45) is 28.8 Å². The Hall–Kier alpha value is -6.95. The molecule has 1 unspecified atom stereocenters. The average Bonchev–Trinajstić information content (AvgIpc) is 1.25. The molecule has 4 aliphatic heterocycles. The molecule has 5 aliphatic rings. The third-order valence-corrected chi connectivity index (χ3v) is 18.3. The van der Waals surface area contributed by atoms with Crippen molar-refractivity contribution in [1.82, 2.24) is 24.7 Å². The smallest absolute Gasteiger partial charge is 0.492 e. The first-order valence-corrected chi connectivity index (χ1v) is 30.2. The van der Waals surface area contributed by atoms with Crippen LogP contribution in [-0.4, -0.2) is 200 Å². The van der Waals surface area contributed by atoms with Gasteiger partial charge >= 0.3 is 24.1 Å². The molecule has 3 N–H and O–H groups in total. The van der Waals surface area contributed by atoms with Gasteiger partial charge in [-0.1, -0.05) is 44.7 Å². The third-order valence-electron chi connectivity index (χ3n) is 18.3. The molecule has 1 aromatic carbocycles. The second-order valence-electron chi connectivity index (χ2n) is 24.7. The number of cyclic esters (lactones) is 1. The zero-order valence-electron chi connectivity index (χ0n) is 52.8. The molecule has 482 valence electrons. The number of carboxylic acid groups (broad SMARTS) is 1. The Kier molecular flexibility index (Phi) is 21.2. The summed E-state index contributed by atoms with van der Waals surface area (Å²) in [7, 11) is 8.12. The van der Waals surface area contributed by atoms with Gasteiger partial charge in [0, 0.05) is 100 Å². The molecule has 4 saturated heterocycles. The number of fused-ring (bicyclic) bond motifs is 2. The number of carbonyl (C=O) groups excluding carboxylic acids is 4. The first kappa shape index (κ1) is 67.0. The van der Waals surface area contributed by atoms with E-state index in [0.717, 1.165) is 18.9 Å². The Balaban J connectivity index is 1.10. The van der Waals surface area contributed by atoms with Gasteiger partial charge in [0.2, 0.25) is 5.43 Å². The van der Waals surface area contributed by atoms with Gasteiger partial charge < -0.3 is 72.6 Å². The van der Waals surface area contributed by atoms with Crippen molar-refractivity contribution in [3.63, 3.8) is 0 Å². The number of nitrogens with zero attached hydrogens (tertiary/aromatic N) is 6. The maximum Gasteiger partial charge on any atom is 0.509 e. The van der Waals surface area contributed by atoms with Gasteiger partial charge in [0.25, 0.3) is 5.91 Å². The lowest BCUT2D eigenvalue weighted by Gasteiger charge is -2.48. The van der Waals surface area contributed by atoms with Crippen LogP contribution in [-0.2, 0) is 47.6 Å². The number of hydrogen-bond donors (Lipinski definition) is 3. The van der Waals surface area contributed by atoms with Crippen molar-refractivity contribution in [3.05, 3.63) is 63.5 Å². The van der Waals surface area contributed by atoms with E-state index in [-0.39, 0.29) is 92.5 Å². The van der Waals surface area contributed by atoms with E-state index in [2.05, 4.69) is 32.2 Å². The Morgan fingerprint density at radius 3 is 2.38 bits per heavy atom. The second-order valence-corrected chi connectivity index (χ2v) is 24.7. The molecule has 1 saturated carbocycles. The normalized spacial score (nSPS) is 32.0. The standard InChI is InChI=1S/C63H86FN7O17/c1-15-46-63(9)56(87-61(79)88-63)36(5)48(67-82-24-16-17-39-26-40(30-66-29-39)57(75)65-10)33(2)28-62(8,81-14)55(86-60-52(74)45(68(11)12)25-35(4)83-60)37(6)53(38(7)59(78)84-46)85-47(72)20-21-69-22-23-70(31-34(69)3)50-44(64)27-42-49(54(50)80-13)71(41-18-19-41)32-43(51(42)73)58(76)77/h26-27,29-30,32-38,41,45-46,52-53,55-56,60,74H,15,18-25,28,31H2,1-14H3,(H,65,75)(H,76,77)/b67-48+/t33-,34?,35-,36+,37+,38-,45+,46-,52-,53+,55-,56-,60+,62-,63-/m1/s1. The van der Waals surface area contributed by atoms with Crippen molar-refractivity contribution in [2.45, 2.75) is 173 Å². The maximum absolute atomic E-state index is 16.4. The molecular formula is C63H86FN7O17. The number of anilines is 1. The highest BCUT2D eigenvalue weighted by molar-refractivity contribution is 5.97. The molecule has 24 nitrogen and oxygen atoms in total. The lowest BCUT2D eigenvalue weighted by Crippen LogP contribution is -2.60. The van der Waals surface area contributed by atoms with Crippen molar-refractivity contribution in [3.8, 4) is 17.6 Å². The van der Waals surface area contributed by atoms with Gasteiger partial charge in [-0.25, -0.2) is 14.0 Å². The summed E-state index contributed by atoms with van der Waals surface area (Å²) in [5.74, 6) is -1.39. The summed E-state index contributed by atoms with van der Waals surface area (Å²) in [6, 6.07) is 1.95. The van der Waals surface area contributed by atoms with E-state index in [1.807, 2.05) is 51.6 Å². The number of benzene rings is 1. The molecule has 88 heavy (non-hydrogen) atoms. The number of aromatic carboxylic acids is 1. The summed E-state index contributed by atoms with van der Waals surface area (Å²) >= 11 is 0. The SMILES string of the molecule is CC[C@H]1OC(=O)[C@H](C)[C@@H](OC(=O)CCN2CCN(c3c(F)cc4c(=O)c(C(=O)O)cn(C5CC5)c4c3OC)CC2C)[C@H](C)[C@@H](O[C@@H]2O[C@H](C)C[C@H](N(C)C)[C@H]2O)[C@](C)(OC)C[C@@H](C)/C(=N\OCC#Cc2cncc(C(=O)NC)c2)[C@H](C)[C@H]2OC(=O)O[C@@]21C. The number of oxime groups is 1. The summed E-state index contributed by atoms with van der Waals surface area (Å²) in [6.07, 6.45) is -1.97. The van der Waals surface area contributed by atoms with Crippen molar-refractivity contribution in [1.29, 1.82) is 0 Å². The van der Waals surface area contributed by atoms with Crippen LogP contribution in [0.1, 0.15) is 133 Å². The number of esters is 2. The monoisotopic (exact) mass is 1230 g/mol. The van der Waals surface area contributed by atoms with Crippen molar-refractivity contribution >= 4 is 52.3 Å². The van der Waals surface area contributed by atoms with Crippen molar-refractivity contribution < 1.29 is 81.3 Å². The van der Waals surface area contributed by atoms with E-state index in [9.17, 15) is 39.0 Å². The predicted octanol–water partition coefficient (Wildman–Crippen LogP) is 5.95. The molecule has 1 amide bonds. The lowest BCUT2D eigenvalue weighted by atomic mass is 9.73. The molecule has 15 atom stereocenters. The number of nitrogens with one attached hydrogen (secondary N) is 1. The van der Waals surface area contributed by atoms with Gasteiger partial charge in [-0.2, -0.15) is 0 Å². The van der Waals surface area contributed by atoms with Gasteiger partial charge in [-0.15, -0.1) is 0 Å². The summed E-state index contributed by atoms with van der Waals surface area (Å²) in [4.78, 5) is 96.7. The minimum absolute atomic E-state index is 0.0808. The predicted molar refractivity (Wildman–Crippen MR) is 320 cm³/mol. The Morgan fingerprint density at radius 2 is 1.74 bits per heavy atom. The number of carboxylic acids is 1. The Labute approximate surface area is 512 Å². The molecule has 2 aromatic heterocycles. The molecule has 0 radical (unpaired) electrons. The highest BCUT2D eigenvalue weighted by Gasteiger charge is 2.59. The van der Waals surface area contributed by atoms with Gasteiger partial charge in [-0.05, 0) is 93.0 Å². The number of amides is 1. The van der Waals surface area contributed by atoms with E-state index in [0.29, 0.717) is 35.3 Å². The number of aliphatic hydroxyl groups excluding tert-OH is 1. The number of aliphatic hydroxyl groups is 1. The first-order valence-electron chi connectivity index (χ1n) is 30.2. The molecule has 0 spiro atoms. The number of rotatable bonds is 16. The molecule has 25 heteroatoms. The molecular weight excluding hydrogens is 1150 g/mol. The Bertz CT molecular complexity index is 3240. The number of ether oxygens (including phenoxy) is 8. The number of carbonyl (C=O) groups is 5. The van der Waals surface area contributed by atoms with Crippen LogP contribution >= 0.6 is 0 Å². The Morgan fingerprint density at radius 1 is 1.01 bits per heavy atom. The fourth-order valence-electron chi connectivity index (χ4n) is 13.3. The van der Waals surface area contributed by atoms with Gasteiger partial charge in [0.1, 0.15) is 29.6 Å². The van der Waals surface area contributed by atoms with Crippen LogP contribution in [0, 0.1) is 41.3 Å². The molecule has 0 bridgehead atoms. The zero-order valence-corrected chi connectivity index (χ0v) is 52.8. The van der Waals surface area contributed by atoms with Crippen LogP contribution in [0.5, 0.6) is 5.75 Å². The number of piperazine rings is 1. The van der Waals surface area contributed by atoms with E-state index in [1.165, 1.54) is 39.9 Å². The molecule has 5 fully saturated rings. The van der Waals surface area contributed by atoms with Crippen LogP contribution in [0.25, 0.3) is 10.9 Å². The van der Waals surface area contributed by atoms with E-state index >= 15 is 4.39 Å². The number of pyridine rings is 2. The summed E-state index contributed by atoms with van der Waals surface area (Å²) in [5.41, 5.74) is -2.58. The van der Waals surface area contributed by atoms with Crippen LogP contribution in [0.2, 0.25) is 0 Å². The van der Waals surface area contributed by atoms with E-state index in [4.69, 9.17) is 42.7 Å². The third kappa shape index (κ3) is 14.1. The van der Waals surface area contributed by atoms with Crippen LogP contribution < -0.4 is 20.4 Å². The second kappa shape index (κ2) is 27.8. The number of halogens is 1. The molecule has 8 rings (SSSR count). The quantitative estimate of drug-likeness (QED) is 0.0491. The topological polar surface area (TPSA) is 278 Å². The number of methoxy groups -OCH3 is 2. The fraction of sp³-hybridized carbons (Fsp3) is 0.651. The summed E-state index contributed by atoms with van der Waals surface area (Å²) in [6.45, 7) is 17.0. The fourth-order valence-corrected chi connectivity index (χ4v) is 13.3. The minimum atomic E-state index is -1.58. The average molecular weight is 1230 g/mol. The summed E-state index contributed by atoms with van der Waals surface area (Å²) in [5, 5.41) is 29.0. The van der Waals surface area contributed by atoms with E-state index < -0.39 is 113 Å². The highest BCUT2D eigenvalue weighted by atomic mass is 19.1. The first-order chi connectivity index (χ1) is 41.7. The minimum Gasteiger partial charge on any atom is -0.492 e. The lowest BCUT2D eigenvalue weighted by molar-refractivity contribution is -0.301. The molecule has 6 heterocycles. The number of aromatic nitrogens is 2. The number of hydrogen-bond acceptors (Lipinski definition) is 21. The summed E-state index contributed by atoms with van der Waals surface area (Å²) < 4.78 is 68.8. The van der Waals surface area contributed by atoms with Crippen LogP contribution in [0.15, 0.2) is 40.7 Å². The maximum atomic E-state index is 16.4. The van der Waals surface area contributed by atoms with Crippen molar-refractivity contribution in [2.75, 3.05) is 73.0 Å². The zero-order chi connectivity index (χ0) is 64.3. The van der Waals surface area contributed by atoms with Gasteiger partial charge in [0.05, 0.1) is 59.4 Å². The van der Waals surface area contributed by atoms with Crippen LogP contribution in [0.3, 0.4) is 0 Å². The van der Waals surface area contributed by atoms with Gasteiger partial charge in [0.15, 0.2) is 36.2 Å².